The van der Waals surface area contributed by atoms with E-state index in [1.165, 1.54) is 17.8 Å². The third-order valence-electron chi connectivity index (χ3n) is 4.42. The fraction of sp³-hybridized carbons (Fsp3) is 0.350. The topological polar surface area (TPSA) is 120 Å². The molecule has 3 unspecified atom stereocenters. The van der Waals surface area contributed by atoms with Crippen molar-refractivity contribution in [1.29, 1.82) is 0 Å². The van der Waals surface area contributed by atoms with E-state index >= 15 is 0 Å². The van der Waals surface area contributed by atoms with Crippen LogP contribution in [0.15, 0.2) is 48.7 Å². The van der Waals surface area contributed by atoms with E-state index in [0.29, 0.717) is 24.6 Å². The molecule has 144 valence electrons. The summed E-state index contributed by atoms with van der Waals surface area (Å²) in [6, 6.07) is 13.0. The van der Waals surface area contributed by atoms with Gasteiger partial charge in [0.05, 0.1) is 6.10 Å². The minimum atomic E-state index is -0.629. The number of nitrogens with zero attached hydrogens (tertiary/aromatic N) is 1. The zero-order valence-electron chi connectivity index (χ0n) is 15.6. The summed E-state index contributed by atoms with van der Waals surface area (Å²) in [6.07, 6.45) is 1.75. The van der Waals surface area contributed by atoms with Crippen LogP contribution in [0.5, 0.6) is 0 Å². The lowest BCUT2D eigenvalue weighted by Gasteiger charge is -2.11. The molecule has 2 heterocycles. The van der Waals surface area contributed by atoms with Crippen molar-refractivity contribution in [3.63, 3.8) is 0 Å². The number of aromatic nitrogens is 1. The van der Waals surface area contributed by atoms with Gasteiger partial charge in [-0.2, -0.15) is 0 Å². The van der Waals surface area contributed by atoms with Gasteiger partial charge >= 0.3 is 0 Å². The van der Waals surface area contributed by atoms with E-state index in [2.05, 4.69) is 17.2 Å². The zero-order chi connectivity index (χ0) is 19.8. The molecule has 27 heavy (non-hydrogen) atoms. The fourth-order valence-corrected chi connectivity index (χ4v) is 2.63. The molecule has 7 heteroatoms. The largest absolute Gasteiger partial charge is 0.365 e. The second kappa shape index (κ2) is 9.80. The Morgan fingerprint density at radius 2 is 1.93 bits per heavy atom. The van der Waals surface area contributed by atoms with Crippen molar-refractivity contribution in [3.8, 4) is 0 Å². The van der Waals surface area contributed by atoms with E-state index in [0.717, 1.165) is 0 Å². The summed E-state index contributed by atoms with van der Waals surface area (Å²) in [6.45, 7) is 4.64. The van der Waals surface area contributed by atoms with Gasteiger partial charge in [0.1, 0.15) is 11.8 Å². The van der Waals surface area contributed by atoms with Gasteiger partial charge in [0.15, 0.2) is 0 Å². The van der Waals surface area contributed by atoms with Crippen molar-refractivity contribution in [2.24, 2.45) is 17.4 Å². The Labute approximate surface area is 159 Å². The number of carbonyl (C=O) groups is 2. The first-order valence-electron chi connectivity index (χ1n) is 8.87. The average Bonchev–Trinajstić information content (AvgIpc) is 3.02. The number of amides is 2. The summed E-state index contributed by atoms with van der Waals surface area (Å²) in [5.41, 5.74) is 12.3. The minimum Gasteiger partial charge on any atom is -0.365 e. The van der Waals surface area contributed by atoms with Crippen molar-refractivity contribution in [3.05, 3.63) is 59.9 Å². The molecule has 0 aliphatic carbocycles. The first kappa shape index (κ1) is 20.5. The number of nitrogens with one attached hydrogen (secondary N) is 1. The van der Waals surface area contributed by atoms with Gasteiger partial charge in [-0.25, -0.2) is 0 Å². The molecule has 0 radical (unpaired) electrons. The summed E-state index contributed by atoms with van der Waals surface area (Å²) in [5, 5.41) is 2.71. The molecule has 1 fully saturated rings. The third kappa shape index (κ3) is 6.16. The highest BCUT2D eigenvalue weighted by Gasteiger charge is 2.33. The molecule has 1 aromatic heterocycles. The first-order chi connectivity index (χ1) is 12.9. The average molecular weight is 370 g/mol. The first-order valence-corrected chi connectivity index (χ1v) is 8.87. The van der Waals surface area contributed by atoms with Crippen LogP contribution in [0.4, 0.5) is 5.69 Å². The third-order valence-corrected chi connectivity index (χ3v) is 4.42. The van der Waals surface area contributed by atoms with E-state index in [1.807, 2.05) is 37.3 Å². The van der Waals surface area contributed by atoms with Crippen LogP contribution in [-0.2, 0) is 16.1 Å². The molecule has 2 aromatic rings. The normalized spacial score (nSPS) is 21.1. The summed E-state index contributed by atoms with van der Waals surface area (Å²) in [5.74, 6) is -0.484. The van der Waals surface area contributed by atoms with Crippen molar-refractivity contribution in [2.45, 2.75) is 39.0 Å². The van der Waals surface area contributed by atoms with Gasteiger partial charge in [0.2, 0.25) is 0 Å². The van der Waals surface area contributed by atoms with Crippen molar-refractivity contribution in [2.75, 3.05) is 5.32 Å². The van der Waals surface area contributed by atoms with Crippen molar-refractivity contribution < 1.29 is 14.3 Å². The van der Waals surface area contributed by atoms with E-state index < -0.39 is 12.0 Å². The second-order valence-electron chi connectivity index (χ2n) is 6.52. The zero-order valence-corrected chi connectivity index (χ0v) is 15.6. The Kier molecular flexibility index (Phi) is 7.45. The van der Waals surface area contributed by atoms with Crippen LogP contribution in [0, 0.1) is 5.92 Å². The second-order valence-corrected chi connectivity index (χ2v) is 6.52. The smallest absolute Gasteiger partial charge is 0.267 e. The molecular weight excluding hydrogens is 344 g/mol. The molecule has 1 aromatic carbocycles. The molecule has 0 saturated carbocycles. The van der Waals surface area contributed by atoms with Crippen LogP contribution in [0.1, 0.15) is 36.3 Å². The molecule has 7 nitrogen and oxygen atoms in total. The quantitative estimate of drug-likeness (QED) is 0.761. The highest BCUT2D eigenvalue weighted by atomic mass is 16.5. The molecule has 5 N–H and O–H groups in total. The summed E-state index contributed by atoms with van der Waals surface area (Å²) in [4.78, 5) is 26.8. The van der Waals surface area contributed by atoms with Crippen LogP contribution >= 0.6 is 0 Å². The van der Waals surface area contributed by atoms with E-state index in [9.17, 15) is 9.59 Å². The van der Waals surface area contributed by atoms with Crippen LogP contribution < -0.4 is 16.8 Å². The minimum absolute atomic E-state index is 0.0781. The van der Waals surface area contributed by atoms with Gasteiger partial charge < -0.3 is 21.5 Å². The number of rotatable bonds is 4. The maximum atomic E-state index is 12.0. The Balaban J connectivity index is 0.000000273. The number of benzene rings is 1. The van der Waals surface area contributed by atoms with Gasteiger partial charge in [-0.3, -0.25) is 14.6 Å². The van der Waals surface area contributed by atoms with Crippen LogP contribution in [0.25, 0.3) is 0 Å². The summed E-state index contributed by atoms with van der Waals surface area (Å²) >= 11 is 0. The predicted octanol–water partition coefficient (Wildman–Crippen LogP) is 2.08. The Morgan fingerprint density at radius 1 is 1.22 bits per heavy atom. The molecule has 3 rings (SSSR count). The SMILES string of the molecule is CC1CC(C(=O)Nc2ccnc(C(N)=O)c2)OC1C.NCc1ccccc1. The van der Waals surface area contributed by atoms with Crippen LogP contribution in [0.3, 0.4) is 0 Å². The molecule has 1 aliphatic heterocycles. The van der Waals surface area contributed by atoms with E-state index in [-0.39, 0.29) is 17.7 Å². The Bertz CT molecular complexity index is 757. The van der Waals surface area contributed by atoms with Gasteiger partial charge in [-0.05, 0) is 37.0 Å². The number of hydrogen-bond donors (Lipinski definition) is 3. The van der Waals surface area contributed by atoms with Crippen LogP contribution in [0.2, 0.25) is 0 Å². The summed E-state index contributed by atoms with van der Waals surface area (Å²) < 4.78 is 5.57. The monoisotopic (exact) mass is 370 g/mol. The number of pyridine rings is 1. The van der Waals surface area contributed by atoms with E-state index in [1.54, 1.807) is 6.07 Å². The number of hydrogen-bond acceptors (Lipinski definition) is 5. The molecule has 1 aliphatic rings. The van der Waals surface area contributed by atoms with E-state index in [4.69, 9.17) is 16.2 Å². The van der Waals surface area contributed by atoms with Crippen molar-refractivity contribution >= 4 is 17.5 Å². The lowest BCUT2D eigenvalue weighted by Crippen LogP contribution is -2.28. The Morgan fingerprint density at radius 3 is 2.44 bits per heavy atom. The number of primary amides is 1. The molecule has 2 amide bonds. The lowest BCUT2D eigenvalue weighted by atomic mass is 10.0. The maximum absolute atomic E-state index is 12.0. The van der Waals surface area contributed by atoms with Crippen molar-refractivity contribution in [1.82, 2.24) is 4.98 Å². The lowest BCUT2D eigenvalue weighted by molar-refractivity contribution is -0.126. The fourth-order valence-electron chi connectivity index (χ4n) is 2.63. The van der Waals surface area contributed by atoms with Gasteiger partial charge in [-0.1, -0.05) is 37.3 Å². The number of anilines is 1. The highest BCUT2D eigenvalue weighted by Crippen LogP contribution is 2.26. The standard InChI is InChI=1S/C13H17N3O3.C7H9N/c1-7-5-11(19-8(7)2)13(18)16-9-3-4-15-10(6-9)12(14)17;8-6-7-4-2-1-3-5-7/h3-4,6-8,11H,5H2,1-2H3,(H2,14,17)(H,15,16,18);1-5H,6,8H2. The molecular formula is C20H26N4O3. The maximum Gasteiger partial charge on any atom is 0.267 e. The van der Waals surface area contributed by atoms with Gasteiger partial charge in [-0.15, -0.1) is 0 Å². The van der Waals surface area contributed by atoms with Crippen LogP contribution in [-0.4, -0.2) is 29.0 Å². The Hall–Kier alpha value is -2.77. The molecule has 0 bridgehead atoms. The molecule has 0 spiro atoms. The molecule has 1 saturated heterocycles. The van der Waals surface area contributed by atoms with Gasteiger partial charge in [0.25, 0.3) is 11.8 Å². The highest BCUT2D eigenvalue weighted by molar-refractivity contribution is 5.96. The number of nitrogens with two attached hydrogens (primary N) is 2. The number of carbonyl (C=O) groups excluding carboxylic acids is 2. The predicted molar refractivity (Wildman–Crippen MR) is 104 cm³/mol. The van der Waals surface area contributed by atoms with Gasteiger partial charge in [0, 0.05) is 18.4 Å². The summed E-state index contributed by atoms with van der Waals surface area (Å²) in [7, 11) is 0. The number of ether oxygens (including phenoxy) is 1. The molecule has 3 atom stereocenters.